The van der Waals surface area contributed by atoms with Crippen LogP contribution in [0.15, 0.2) is 42.5 Å². The van der Waals surface area contributed by atoms with Gasteiger partial charge in [0.05, 0.1) is 5.69 Å². The van der Waals surface area contributed by atoms with Crippen LogP contribution in [0.5, 0.6) is 5.75 Å². The first-order valence-corrected chi connectivity index (χ1v) is 7.84. The van der Waals surface area contributed by atoms with Crippen molar-refractivity contribution in [2.24, 2.45) is 0 Å². The van der Waals surface area contributed by atoms with Gasteiger partial charge in [0.15, 0.2) is 6.10 Å². The number of hydrogen-bond acceptors (Lipinski definition) is 2. The maximum absolute atomic E-state index is 12.2. The molecule has 1 amide bonds. The van der Waals surface area contributed by atoms with Crippen LogP contribution < -0.4 is 10.1 Å². The summed E-state index contributed by atoms with van der Waals surface area (Å²) >= 11 is 2.19. The average molecular weight is 395 g/mol. The van der Waals surface area contributed by atoms with Crippen LogP contribution in [-0.2, 0) is 4.79 Å². The van der Waals surface area contributed by atoms with Gasteiger partial charge in [0.1, 0.15) is 5.75 Å². The Morgan fingerprint density at radius 2 is 1.76 bits per heavy atom. The highest BCUT2D eigenvalue weighted by Gasteiger charge is 2.16. The lowest BCUT2D eigenvalue weighted by Gasteiger charge is -2.16. The Labute approximate surface area is 138 Å². The monoisotopic (exact) mass is 395 g/mol. The Hall–Kier alpha value is -1.56. The van der Waals surface area contributed by atoms with E-state index >= 15 is 0 Å². The molecule has 3 nitrogen and oxygen atoms in total. The molecule has 0 spiro atoms. The van der Waals surface area contributed by atoms with E-state index in [2.05, 4.69) is 34.0 Å². The van der Waals surface area contributed by atoms with Gasteiger partial charge in [-0.25, -0.2) is 0 Å². The van der Waals surface area contributed by atoms with Crippen LogP contribution in [0.3, 0.4) is 0 Å². The van der Waals surface area contributed by atoms with E-state index in [1.54, 1.807) is 6.92 Å². The molecule has 1 N–H and O–H groups in total. The quantitative estimate of drug-likeness (QED) is 0.784. The van der Waals surface area contributed by atoms with E-state index in [0.29, 0.717) is 0 Å². The van der Waals surface area contributed by atoms with Gasteiger partial charge in [0.2, 0.25) is 0 Å². The van der Waals surface area contributed by atoms with E-state index in [4.69, 9.17) is 4.74 Å². The molecule has 110 valence electrons. The number of ether oxygens (including phenoxy) is 1. The average Bonchev–Trinajstić information content (AvgIpc) is 2.40. The Balaban J connectivity index is 2.04. The fourth-order valence-electron chi connectivity index (χ4n) is 2.06. The van der Waals surface area contributed by atoms with E-state index in [1.807, 2.05) is 50.2 Å². The largest absolute Gasteiger partial charge is 0.481 e. The van der Waals surface area contributed by atoms with E-state index in [1.165, 1.54) is 0 Å². The zero-order valence-electron chi connectivity index (χ0n) is 12.3. The van der Waals surface area contributed by atoms with Crippen molar-refractivity contribution >= 4 is 34.2 Å². The van der Waals surface area contributed by atoms with Crippen LogP contribution >= 0.6 is 22.6 Å². The molecule has 1 unspecified atom stereocenters. The molecule has 2 aromatic rings. The second kappa shape index (κ2) is 6.93. The van der Waals surface area contributed by atoms with Gasteiger partial charge in [-0.15, -0.1) is 0 Å². The maximum Gasteiger partial charge on any atom is 0.265 e. The number of hydrogen-bond donors (Lipinski definition) is 1. The van der Waals surface area contributed by atoms with Crippen molar-refractivity contribution in [1.82, 2.24) is 0 Å². The number of carbonyl (C=O) groups is 1. The highest BCUT2D eigenvalue weighted by atomic mass is 127. The Morgan fingerprint density at radius 1 is 1.14 bits per heavy atom. The normalized spacial score (nSPS) is 11.8. The van der Waals surface area contributed by atoms with Gasteiger partial charge in [-0.2, -0.15) is 0 Å². The Bertz CT molecular complexity index is 635. The molecule has 0 radical (unpaired) electrons. The van der Waals surface area contributed by atoms with Crippen molar-refractivity contribution in [3.05, 3.63) is 57.2 Å². The zero-order chi connectivity index (χ0) is 15.4. The van der Waals surface area contributed by atoms with Crippen molar-refractivity contribution < 1.29 is 9.53 Å². The second-order valence-electron chi connectivity index (χ2n) is 5.05. The molecular formula is C17H18INO2. The zero-order valence-corrected chi connectivity index (χ0v) is 14.5. The minimum atomic E-state index is -0.554. The summed E-state index contributed by atoms with van der Waals surface area (Å²) in [6.45, 7) is 5.77. The van der Waals surface area contributed by atoms with Crippen LogP contribution in [0.2, 0.25) is 0 Å². The summed E-state index contributed by atoms with van der Waals surface area (Å²) in [6.07, 6.45) is -0.554. The number of anilines is 1. The van der Waals surface area contributed by atoms with Crippen molar-refractivity contribution in [2.45, 2.75) is 26.9 Å². The number of halogens is 1. The number of nitrogens with one attached hydrogen (secondary N) is 1. The summed E-state index contributed by atoms with van der Waals surface area (Å²) in [5.41, 5.74) is 3.05. The minimum Gasteiger partial charge on any atom is -0.481 e. The second-order valence-corrected chi connectivity index (χ2v) is 6.21. The van der Waals surface area contributed by atoms with Crippen LogP contribution in [0.4, 0.5) is 5.69 Å². The minimum absolute atomic E-state index is 0.154. The topological polar surface area (TPSA) is 38.3 Å². The molecule has 0 heterocycles. The molecule has 0 saturated carbocycles. The molecule has 0 aliphatic carbocycles. The van der Waals surface area contributed by atoms with Gasteiger partial charge in [0.25, 0.3) is 5.91 Å². The summed E-state index contributed by atoms with van der Waals surface area (Å²) in [5, 5.41) is 2.89. The first-order valence-electron chi connectivity index (χ1n) is 6.76. The van der Waals surface area contributed by atoms with E-state index in [0.717, 1.165) is 26.1 Å². The molecule has 2 rings (SSSR count). The van der Waals surface area contributed by atoms with Crippen molar-refractivity contribution in [2.75, 3.05) is 5.32 Å². The van der Waals surface area contributed by atoms with Crippen LogP contribution in [0, 0.1) is 17.4 Å². The van der Waals surface area contributed by atoms with Crippen molar-refractivity contribution in [3.63, 3.8) is 0 Å². The lowest BCUT2D eigenvalue weighted by molar-refractivity contribution is -0.122. The fraction of sp³-hybridized carbons (Fsp3) is 0.235. The molecule has 0 bridgehead atoms. The molecule has 2 aromatic carbocycles. The molecule has 4 heteroatoms. The first kappa shape index (κ1) is 15.8. The highest BCUT2D eigenvalue weighted by molar-refractivity contribution is 14.1. The van der Waals surface area contributed by atoms with Crippen LogP contribution in [0.1, 0.15) is 18.1 Å². The molecule has 1 atom stereocenters. The first-order chi connectivity index (χ1) is 9.95. The van der Waals surface area contributed by atoms with Gasteiger partial charge < -0.3 is 10.1 Å². The smallest absolute Gasteiger partial charge is 0.265 e. The lowest BCUT2D eigenvalue weighted by Crippen LogP contribution is -2.30. The molecule has 0 fully saturated rings. The molecular weight excluding hydrogens is 377 g/mol. The van der Waals surface area contributed by atoms with Gasteiger partial charge in [-0.1, -0.05) is 18.2 Å². The van der Waals surface area contributed by atoms with Crippen molar-refractivity contribution in [1.29, 1.82) is 0 Å². The predicted octanol–water partition coefficient (Wildman–Crippen LogP) is 4.31. The van der Waals surface area contributed by atoms with Gasteiger partial charge in [-0.3, -0.25) is 4.79 Å². The van der Waals surface area contributed by atoms with E-state index < -0.39 is 6.10 Å². The third kappa shape index (κ3) is 4.46. The number of para-hydroxylation sites is 1. The fourth-order valence-corrected chi connectivity index (χ4v) is 2.58. The number of aryl methyl sites for hydroxylation is 2. The van der Waals surface area contributed by atoms with E-state index in [9.17, 15) is 4.79 Å². The SMILES string of the molecule is Cc1cc(C)cc(OC(C)C(=O)Nc2ccccc2I)c1. The maximum atomic E-state index is 12.2. The number of benzene rings is 2. The van der Waals surface area contributed by atoms with Crippen LogP contribution in [-0.4, -0.2) is 12.0 Å². The molecule has 0 aromatic heterocycles. The Morgan fingerprint density at radius 3 is 2.38 bits per heavy atom. The summed E-state index contributed by atoms with van der Waals surface area (Å²) in [7, 11) is 0. The predicted molar refractivity (Wildman–Crippen MR) is 93.8 cm³/mol. The summed E-state index contributed by atoms with van der Waals surface area (Å²) < 4.78 is 6.74. The Kier molecular flexibility index (Phi) is 5.22. The molecule has 0 aliphatic rings. The van der Waals surface area contributed by atoms with Crippen LogP contribution in [0.25, 0.3) is 0 Å². The molecule has 21 heavy (non-hydrogen) atoms. The number of amides is 1. The van der Waals surface area contributed by atoms with Gasteiger partial charge >= 0.3 is 0 Å². The summed E-state index contributed by atoms with van der Waals surface area (Å²) in [6, 6.07) is 13.6. The van der Waals surface area contributed by atoms with Gasteiger partial charge in [0, 0.05) is 3.57 Å². The van der Waals surface area contributed by atoms with Crippen molar-refractivity contribution in [3.8, 4) is 5.75 Å². The lowest BCUT2D eigenvalue weighted by atomic mass is 10.1. The highest BCUT2D eigenvalue weighted by Crippen LogP contribution is 2.20. The standard InChI is InChI=1S/C17H18INO2/c1-11-8-12(2)10-14(9-11)21-13(3)17(20)19-16-7-5-4-6-15(16)18/h4-10,13H,1-3H3,(H,19,20). The summed E-state index contributed by atoms with van der Waals surface area (Å²) in [5.74, 6) is 0.566. The summed E-state index contributed by atoms with van der Waals surface area (Å²) in [4.78, 5) is 12.2. The van der Waals surface area contributed by atoms with Gasteiger partial charge in [-0.05, 0) is 78.8 Å². The number of carbonyl (C=O) groups excluding carboxylic acids is 1. The molecule has 0 aliphatic heterocycles. The molecule has 0 saturated heterocycles. The third-order valence-corrected chi connectivity index (χ3v) is 3.95. The third-order valence-electron chi connectivity index (χ3n) is 3.01. The number of rotatable bonds is 4. The van der Waals surface area contributed by atoms with E-state index in [-0.39, 0.29) is 5.91 Å².